The molecule has 0 unspecified atom stereocenters. The molecular weight excluding hydrogens is 385 g/mol. The molecule has 0 aliphatic rings. The molecule has 0 spiro atoms. The van der Waals surface area contributed by atoms with Crippen molar-refractivity contribution in [2.45, 2.75) is 6.54 Å². The first-order valence-electron chi connectivity index (χ1n) is 9.34. The number of rotatable bonds is 8. The molecule has 154 valence electrons. The highest BCUT2D eigenvalue weighted by atomic mass is 19.1. The molecule has 0 aliphatic heterocycles. The lowest BCUT2D eigenvalue weighted by atomic mass is 10.2. The SMILES string of the molecule is COc1ccc(NC(=O)c2ccc(NCC(=O)NCc3ccc(F)cc3)cc2)cc1. The Hall–Kier alpha value is -3.87. The van der Waals surface area contributed by atoms with Crippen LogP contribution >= 0.6 is 0 Å². The number of benzene rings is 3. The van der Waals surface area contributed by atoms with Crippen LogP contribution in [-0.4, -0.2) is 25.5 Å². The third-order valence-corrected chi connectivity index (χ3v) is 4.35. The maximum Gasteiger partial charge on any atom is 0.255 e. The zero-order chi connectivity index (χ0) is 21.3. The van der Waals surface area contributed by atoms with Gasteiger partial charge in [0.25, 0.3) is 5.91 Å². The Labute approximate surface area is 174 Å². The molecule has 0 radical (unpaired) electrons. The summed E-state index contributed by atoms with van der Waals surface area (Å²) in [7, 11) is 1.58. The quantitative estimate of drug-likeness (QED) is 0.531. The maximum atomic E-state index is 12.9. The van der Waals surface area contributed by atoms with E-state index in [-0.39, 0.29) is 24.2 Å². The number of halogens is 1. The van der Waals surface area contributed by atoms with Gasteiger partial charge in [0.1, 0.15) is 11.6 Å². The van der Waals surface area contributed by atoms with Crippen LogP contribution in [0.4, 0.5) is 15.8 Å². The molecule has 0 saturated carbocycles. The number of amides is 2. The summed E-state index contributed by atoms with van der Waals surface area (Å²) in [6, 6.07) is 19.8. The summed E-state index contributed by atoms with van der Waals surface area (Å²) in [4.78, 5) is 24.3. The molecule has 30 heavy (non-hydrogen) atoms. The molecule has 2 amide bonds. The van der Waals surface area contributed by atoms with Gasteiger partial charge in [-0.15, -0.1) is 0 Å². The predicted molar refractivity (Wildman–Crippen MR) is 114 cm³/mol. The summed E-state index contributed by atoms with van der Waals surface area (Å²) < 4.78 is 18.0. The van der Waals surface area contributed by atoms with Crippen molar-refractivity contribution in [3.05, 3.63) is 89.7 Å². The molecule has 0 heterocycles. The van der Waals surface area contributed by atoms with Gasteiger partial charge in [-0.25, -0.2) is 4.39 Å². The van der Waals surface area contributed by atoms with Gasteiger partial charge < -0.3 is 20.7 Å². The molecule has 3 aromatic rings. The first-order valence-corrected chi connectivity index (χ1v) is 9.34. The first kappa shape index (κ1) is 20.9. The van der Waals surface area contributed by atoms with Gasteiger partial charge in [-0.3, -0.25) is 9.59 Å². The lowest BCUT2D eigenvalue weighted by molar-refractivity contribution is -0.119. The Morgan fingerprint density at radius 1 is 0.867 bits per heavy atom. The number of hydrogen-bond acceptors (Lipinski definition) is 4. The maximum absolute atomic E-state index is 12.9. The molecule has 0 bridgehead atoms. The number of hydrogen-bond donors (Lipinski definition) is 3. The highest BCUT2D eigenvalue weighted by Crippen LogP contribution is 2.16. The summed E-state index contributed by atoms with van der Waals surface area (Å²) in [6.45, 7) is 0.407. The van der Waals surface area contributed by atoms with Crippen LogP contribution in [-0.2, 0) is 11.3 Å². The van der Waals surface area contributed by atoms with Crippen LogP contribution in [0, 0.1) is 5.82 Å². The largest absolute Gasteiger partial charge is 0.497 e. The van der Waals surface area contributed by atoms with Crippen molar-refractivity contribution < 1.29 is 18.7 Å². The van der Waals surface area contributed by atoms with E-state index in [4.69, 9.17) is 4.74 Å². The smallest absolute Gasteiger partial charge is 0.255 e. The number of anilines is 2. The second-order valence-electron chi connectivity index (χ2n) is 6.52. The van der Waals surface area contributed by atoms with E-state index in [0.717, 1.165) is 5.56 Å². The van der Waals surface area contributed by atoms with E-state index < -0.39 is 0 Å². The molecule has 0 atom stereocenters. The third-order valence-electron chi connectivity index (χ3n) is 4.35. The summed E-state index contributed by atoms with van der Waals surface area (Å²) in [5.41, 5.74) is 2.70. The minimum Gasteiger partial charge on any atom is -0.497 e. The molecule has 0 aromatic heterocycles. The number of ether oxygens (including phenoxy) is 1. The number of carbonyl (C=O) groups excluding carboxylic acids is 2. The van der Waals surface area contributed by atoms with Crippen molar-refractivity contribution in [2.24, 2.45) is 0 Å². The van der Waals surface area contributed by atoms with Crippen molar-refractivity contribution >= 4 is 23.2 Å². The van der Waals surface area contributed by atoms with Crippen LogP contribution in [0.5, 0.6) is 5.75 Å². The highest BCUT2D eigenvalue weighted by Gasteiger charge is 2.07. The van der Waals surface area contributed by atoms with Gasteiger partial charge in [-0.1, -0.05) is 12.1 Å². The van der Waals surface area contributed by atoms with Crippen molar-refractivity contribution in [2.75, 3.05) is 24.3 Å². The van der Waals surface area contributed by atoms with E-state index in [1.807, 2.05) is 0 Å². The summed E-state index contributed by atoms with van der Waals surface area (Å²) >= 11 is 0. The average Bonchev–Trinajstić information content (AvgIpc) is 2.78. The molecule has 6 nitrogen and oxygen atoms in total. The van der Waals surface area contributed by atoms with Crippen LogP contribution in [0.2, 0.25) is 0 Å². The fourth-order valence-corrected chi connectivity index (χ4v) is 2.66. The van der Waals surface area contributed by atoms with E-state index in [1.165, 1.54) is 12.1 Å². The Balaban J connectivity index is 1.45. The molecule has 0 aliphatic carbocycles. The van der Waals surface area contributed by atoms with Gasteiger partial charge in [-0.2, -0.15) is 0 Å². The Kier molecular flexibility index (Phi) is 7.00. The van der Waals surface area contributed by atoms with Crippen LogP contribution in [0.1, 0.15) is 15.9 Å². The number of nitrogens with one attached hydrogen (secondary N) is 3. The summed E-state index contributed by atoms with van der Waals surface area (Å²) in [5.74, 6) is -0.0255. The van der Waals surface area contributed by atoms with Gasteiger partial charge in [0.2, 0.25) is 5.91 Å². The molecule has 0 fully saturated rings. The summed E-state index contributed by atoms with van der Waals surface area (Å²) in [5, 5.41) is 8.57. The second kappa shape index (κ2) is 10.1. The lowest BCUT2D eigenvalue weighted by Crippen LogP contribution is -2.29. The number of methoxy groups -OCH3 is 1. The molecular formula is C23H22FN3O3. The summed E-state index contributed by atoms with van der Waals surface area (Å²) in [6.07, 6.45) is 0. The fourth-order valence-electron chi connectivity index (χ4n) is 2.66. The van der Waals surface area contributed by atoms with E-state index in [1.54, 1.807) is 67.8 Å². The second-order valence-corrected chi connectivity index (χ2v) is 6.52. The molecule has 3 aromatic carbocycles. The number of carbonyl (C=O) groups is 2. The first-order chi connectivity index (χ1) is 14.5. The zero-order valence-electron chi connectivity index (χ0n) is 16.4. The van der Waals surface area contributed by atoms with Crippen molar-refractivity contribution in [3.63, 3.8) is 0 Å². The van der Waals surface area contributed by atoms with Crippen LogP contribution in [0.25, 0.3) is 0 Å². The molecule has 3 N–H and O–H groups in total. The van der Waals surface area contributed by atoms with Crippen molar-refractivity contribution in [3.8, 4) is 5.75 Å². The zero-order valence-corrected chi connectivity index (χ0v) is 16.4. The lowest BCUT2D eigenvalue weighted by Gasteiger charge is -2.09. The monoisotopic (exact) mass is 407 g/mol. The topological polar surface area (TPSA) is 79.5 Å². The minimum absolute atomic E-state index is 0.0819. The minimum atomic E-state index is -0.312. The average molecular weight is 407 g/mol. The Morgan fingerprint density at radius 2 is 1.50 bits per heavy atom. The van der Waals surface area contributed by atoms with E-state index in [0.29, 0.717) is 29.2 Å². The van der Waals surface area contributed by atoms with Gasteiger partial charge in [0, 0.05) is 23.5 Å². The Morgan fingerprint density at radius 3 is 2.13 bits per heavy atom. The van der Waals surface area contributed by atoms with Crippen LogP contribution in [0.15, 0.2) is 72.8 Å². The van der Waals surface area contributed by atoms with E-state index in [9.17, 15) is 14.0 Å². The highest BCUT2D eigenvalue weighted by molar-refractivity contribution is 6.04. The van der Waals surface area contributed by atoms with Crippen molar-refractivity contribution in [1.29, 1.82) is 0 Å². The standard InChI is InChI=1S/C23H22FN3O3/c1-30-21-12-10-20(11-13-21)27-23(29)17-4-8-19(9-5-17)25-15-22(28)26-14-16-2-6-18(24)7-3-16/h2-13,25H,14-15H2,1H3,(H,26,28)(H,27,29). The normalized spacial score (nSPS) is 10.2. The Bertz CT molecular complexity index is 988. The fraction of sp³-hybridized carbons (Fsp3) is 0.130. The molecule has 7 heteroatoms. The van der Waals surface area contributed by atoms with Crippen LogP contribution < -0.4 is 20.7 Å². The van der Waals surface area contributed by atoms with Crippen molar-refractivity contribution in [1.82, 2.24) is 5.32 Å². The van der Waals surface area contributed by atoms with Gasteiger partial charge >= 0.3 is 0 Å². The van der Waals surface area contributed by atoms with Crippen LogP contribution in [0.3, 0.4) is 0 Å². The third kappa shape index (κ3) is 6.07. The van der Waals surface area contributed by atoms with E-state index >= 15 is 0 Å². The molecule has 0 saturated heterocycles. The van der Waals surface area contributed by atoms with Gasteiger partial charge in [0.15, 0.2) is 0 Å². The predicted octanol–water partition coefficient (Wildman–Crippen LogP) is 3.81. The van der Waals surface area contributed by atoms with Gasteiger partial charge in [0.05, 0.1) is 13.7 Å². The van der Waals surface area contributed by atoms with E-state index in [2.05, 4.69) is 16.0 Å². The van der Waals surface area contributed by atoms with Gasteiger partial charge in [-0.05, 0) is 66.2 Å². The molecule has 3 rings (SSSR count).